The number of hydrogen-bond donors (Lipinski definition) is 0. The van der Waals surface area contributed by atoms with Crippen molar-refractivity contribution in [2.24, 2.45) is 5.92 Å². The fourth-order valence-corrected chi connectivity index (χ4v) is 4.63. The SMILES string of the molecule is N#Cc1c(C2C=CC3=CC(N4CCCCCC4)=CC[C@@H]3C2)ccnc1Cl. The van der Waals surface area contributed by atoms with Gasteiger partial charge >= 0.3 is 0 Å². The van der Waals surface area contributed by atoms with Gasteiger partial charge in [-0.3, -0.25) is 0 Å². The molecule has 0 saturated carbocycles. The van der Waals surface area contributed by atoms with Crippen LogP contribution in [0, 0.1) is 17.2 Å². The van der Waals surface area contributed by atoms with Gasteiger partial charge in [0.15, 0.2) is 0 Å². The van der Waals surface area contributed by atoms with Gasteiger partial charge in [0.05, 0.1) is 5.56 Å². The van der Waals surface area contributed by atoms with Gasteiger partial charge < -0.3 is 4.90 Å². The van der Waals surface area contributed by atoms with Crippen LogP contribution in [0.5, 0.6) is 0 Å². The lowest BCUT2D eigenvalue weighted by Gasteiger charge is -2.33. The molecule has 4 rings (SSSR count). The molecule has 0 aromatic carbocycles. The number of hydrogen-bond acceptors (Lipinski definition) is 3. The van der Waals surface area contributed by atoms with Crippen molar-refractivity contribution in [3.8, 4) is 6.07 Å². The maximum absolute atomic E-state index is 9.44. The molecule has 0 radical (unpaired) electrons. The Hall–Kier alpha value is -2.05. The Morgan fingerprint density at radius 1 is 1.19 bits per heavy atom. The summed E-state index contributed by atoms with van der Waals surface area (Å²) < 4.78 is 0. The zero-order valence-corrected chi connectivity index (χ0v) is 15.8. The van der Waals surface area contributed by atoms with Crippen LogP contribution in [-0.4, -0.2) is 23.0 Å². The van der Waals surface area contributed by atoms with Gasteiger partial charge in [0.25, 0.3) is 0 Å². The van der Waals surface area contributed by atoms with Crippen LogP contribution in [0.1, 0.15) is 55.6 Å². The van der Waals surface area contributed by atoms with Crippen molar-refractivity contribution in [3.63, 3.8) is 0 Å². The summed E-state index contributed by atoms with van der Waals surface area (Å²) in [5.41, 5.74) is 4.37. The molecule has 1 unspecified atom stereocenters. The van der Waals surface area contributed by atoms with Crippen molar-refractivity contribution in [1.82, 2.24) is 9.88 Å². The number of nitriles is 1. The van der Waals surface area contributed by atoms with Crippen LogP contribution >= 0.6 is 11.6 Å². The molecule has 4 heteroatoms. The van der Waals surface area contributed by atoms with Crippen LogP contribution in [0.2, 0.25) is 5.15 Å². The molecule has 1 aromatic heterocycles. The van der Waals surface area contributed by atoms with Gasteiger partial charge in [-0.15, -0.1) is 0 Å². The molecule has 1 aliphatic heterocycles. The van der Waals surface area contributed by atoms with Crippen molar-refractivity contribution >= 4 is 11.6 Å². The first-order valence-electron chi connectivity index (χ1n) is 9.65. The number of likely N-dealkylation sites (tertiary alicyclic amines) is 1. The topological polar surface area (TPSA) is 39.9 Å². The molecule has 0 bridgehead atoms. The monoisotopic (exact) mass is 365 g/mol. The third-order valence-corrected chi connectivity index (χ3v) is 6.16. The van der Waals surface area contributed by atoms with E-state index in [2.05, 4.69) is 40.3 Å². The van der Waals surface area contributed by atoms with E-state index < -0.39 is 0 Å². The highest BCUT2D eigenvalue weighted by molar-refractivity contribution is 6.30. The number of rotatable bonds is 2. The molecule has 3 nitrogen and oxygen atoms in total. The fraction of sp³-hybridized carbons (Fsp3) is 0.455. The lowest BCUT2D eigenvalue weighted by atomic mass is 9.75. The Kier molecular flexibility index (Phi) is 5.13. The van der Waals surface area contributed by atoms with Gasteiger partial charge in [-0.1, -0.05) is 42.7 Å². The van der Waals surface area contributed by atoms with Gasteiger partial charge in [0.1, 0.15) is 11.2 Å². The molecule has 1 fully saturated rings. The third kappa shape index (κ3) is 3.44. The standard InChI is InChI=1S/C22H24ClN3/c23-22-21(15-24)20(9-10-25-22)18-6-5-17-14-19(8-7-16(17)13-18)26-11-3-1-2-4-12-26/h5-6,8-10,14,16,18H,1-4,7,11-13H2/t16-,18?/m1/s1. The molecule has 2 aliphatic carbocycles. The van der Waals surface area contributed by atoms with E-state index in [1.165, 1.54) is 50.0 Å². The number of allylic oxidation sites excluding steroid dienone is 5. The van der Waals surface area contributed by atoms with E-state index in [1.807, 2.05) is 6.07 Å². The highest BCUT2D eigenvalue weighted by Gasteiger charge is 2.27. The fourth-order valence-electron chi connectivity index (χ4n) is 4.43. The minimum absolute atomic E-state index is 0.237. The van der Waals surface area contributed by atoms with E-state index in [4.69, 9.17) is 11.6 Å². The van der Waals surface area contributed by atoms with Crippen LogP contribution < -0.4 is 0 Å². The Bertz CT molecular complexity index is 807. The Morgan fingerprint density at radius 2 is 2.00 bits per heavy atom. The minimum atomic E-state index is 0.237. The maximum Gasteiger partial charge on any atom is 0.147 e. The maximum atomic E-state index is 9.44. The molecular weight excluding hydrogens is 342 g/mol. The zero-order chi connectivity index (χ0) is 17.9. The molecule has 0 spiro atoms. The number of nitrogens with zero attached hydrogens (tertiary/aromatic N) is 3. The van der Waals surface area contributed by atoms with Crippen molar-refractivity contribution in [3.05, 3.63) is 64.1 Å². The summed E-state index contributed by atoms with van der Waals surface area (Å²) >= 11 is 6.12. The van der Waals surface area contributed by atoms with Crippen LogP contribution in [0.25, 0.3) is 0 Å². The molecule has 0 amide bonds. The number of halogens is 1. The number of fused-ring (bicyclic) bond motifs is 1. The molecule has 1 aromatic rings. The smallest absolute Gasteiger partial charge is 0.147 e. The molecule has 2 heterocycles. The predicted molar refractivity (Wildman–Crippen MR) is 105 cm³/mol. The van der Waals surface area contributed by atoms with Crippen molar-refractivity contribution in [2.75, 3.05) is 13.1 Å². The van der Waals surface area contributed by atoms with Crippen LogP contribution in [0.4, 0.5) is 0 Å². The lowest BCUT2D eigenvalue weighted by Crippen LogP contribution is -2.26. The first-order chi connectivity index (χ1) is 12.8. The molecule has 3 aliphatic rings. The van der Waals surface area contributed by atoms with E-state index in [9.17, 15) is 5.26 Å². The lowest BCUT2D eigenvalue weighted by molar-refractivity contribution is 0.361. The predicted octanol–water partition coefficient (Wildman–Crippen LogP) is 5.36. The molecule has 134 valence electrons. The molecule has 1 saturated heterocycles. The summed E-state index contributed by atoms with van der Waals surface area (Å²) in [7, 11) is 0. The normalized spacial score (nSPS) is 25.6. The second-order valence-corrected chi connectivity index (χ2v) is 7.84. The Morgan fingerprint density at radius 3 is 2.77 bits per heavy atom. The summed E-state index contributed by atoms with van der Waals surface area (Å²) in [4.78, 5) is 6.61. The van der Waals surface area contributed by atoms with Crippen LogP contribution in [-0.2, 0) is 0 Å². The summed E-state index contributed by atoms with van der Waals surface area (Å²) in [6, 6.07) is 4.17. The summed E-state index contributed by atoms with van der Waals surface area (Å²) in [6.45, 7) is 2.38. The summed E-state index contributed by atoms with van der Waals surface area (Å²) in [5, 5.41) is 9.75. The molecule has 0 N–H and O–H groups in total. The molecular formula is C22H24ClN3. The van der Waals surface area contributed by atoms with Crippen LogP contribution in [0.3, 0.4) is 0 Å². The van der Waals surface area contributed by atoms with Gasteiger partial charge in [-0.05, 0) is 54.9 Å². The average Bonchev–Trinajstić information content (AvgIpc) is 2.96. The van der Waals surface area contributed by atoms with Crippen molar-refractivity contribution in [2.45, 2.75) is 44.4 Å². The summed E-state index contributed by atoms with van der Waals surface area (Å²) in [5.74, 6) is 0.764. The number of aromatic nitrogens is 1. The van der Waals surface area contributed by atoms with Crippen LogP contribution in [0.15, 0.2) is 47.8 Å². The van der Waals surface area contributed by atoms with E-state index in [-0.39, 0.29) is 5.92 Å². The van der Waals surface area contributed by atoms with Gasteiger partial charge in [0, 0.05) is 30.9 Å². The first kappa shape index (κ1) is 17.4. The van der Waals surface area contributed by atoms with E-state index >= 15 is 0 Å². The van der Waals surface area contributed by atoms with Crippen molar-refractivity contribution in [1.29, 1.82) is 5.26 Å². The highest BCUT2D eigenvalue weighted by atomic mass is 35.5. The minimum Gasteiger partial charge on any atom is -0.372 e. The Labute approximate surface area is 160 Å². The second kappa shape index (κ2) is 7.68. The first-order valence-corrected chi connectivity index (χ1v) is 10.0. The van der Waals surface area contributed by atoms with Gasteiger partial charge in [0.2, 0.25) is 0 Å². The highest BCUT2D eigenvalue weighted by Crippen LogP contribution is 2.41. The van der Waals surface area contributed by atoms with E-state index in [0.29, 0.717) is 16.6 Å². The average molecular weight is 366 g/mol. The molecule has 26 heavy (non-hydrogen) atoms. The zero-order valence-electron chi connectivity index (χ0n) is 15.0. The van der Waals surface area contributed by atoms with E-state index in [0.717, 1.165) is 18.4 Å². The third-order valence-electron chi connectivity index (χ3n) is 5.88. The Balaban J connectivity index is 1.55. The van der Waals surface area contributed by atoms with Gasteiger partial charge in [-0.2, -0.15) is 5.26 Å². The second-order valence-electron chi connectivity index (χ2n) is 7.49. The molecule has 2 atom stereocenters. The van der Waals surface area contributed by atoms with Gasteiger partial charge in [-0.25, -0.2) is 4.98 Å². The largest absolute Gasteiger partial charge is 0.372 e. The van der Waals surface area contributed by atoms with Crippen molar-refractivity contribution < 1.29 is 0 Å². The number of pyridine rings is 1. The van der Waals surface area contributed by atoms with E-state index in [1.54, 1.807) is 6.20 Å². The summed E-state index contributed by atoms with van der Waals surface area (Å²) in [6.07, 6.45) is 18.5. The quantitative estimate of drug-likeness (QED) is 0.662.